The van der Waals surface area contributed by atoms with Crippen LogP contribution >= 0.6 is 0 Å². The molecule has 32 heavy (non-hydrogen) atoms. The van der Waals surface area contributed by atoms with Crippen molar-refractivity contribution in [2.24, 2.45) is 7.05 Å². The highest BCUT2D eigenvalue weighted by Gasteiger charge is 2.13. The fourth-order valence-corrected chi connectivity index (χ4v) is 3.62. The van der Waals surface area contributed by atoms with Gasteiger partial charge in [0.1, 0.15) is 5.69 Å². The third-order valence-electron chi connectivity index (χ3n) is 5.42. The van der Waals surface area contributed by atoms with Gasteiger partial charge in [-0.3, -0.25) is 9.59 Å². The summed E-state index contributed by atoms with van der Waals surface area (Å²) < 4.78 is 2.00. The number of aryl methyl sites for hydroxylation is 1. The number of amides is 3. The van der Waals surface area contributed by atoms with Crippen LogP contribution in [-0.4, -0.2) is 28.5 Å². The van der Waals surface area contributed by atoms with E-state index in [0.29, 0.717) is 16.8 Å². The molecule has 4 aromatic rings. The highest BCUT2D eigenvalue weighted by molar-refractivity contribution is 6.07. The lowest BCUT2D eigenvalue weighted by molar-refractivity contribution is 0.102. The molecule has 8 heteroatoms. The first kappa shape index (κ1) is 20.9. The number of aromatic nitrogens is 2. The van der Waals surface area contributed by atoms with Crippen molar-refractivity contribution < 1.29 is 9.59 Å². The van der Waals surface area contributed by atoms with Crippen molar-refractivity contribution in [1.29, 1.82) is 0 Å². The second-order valence-electron chi connectivity index (χ2n) is 7.47. The molecule has 0 bridgehead atoms. The third kappa shape index (κ3) is 3.98. The molecule has 3 amide bonds. The number of benzene rings is 2. The number of H-pyrrole nitrogens is 1. The average Bonchev–Trinajstić information content (AvgIpc) is 3.16. The number of hydrogen-bond acceptors (Lipinski definition) is 3. The molecule has 0 radical (unpaired) electrons. The van der Waals surface area contributed by atoms with Crippen LogP contribution in [0.1, 0.15) is 15.9 Å². The molecule has 0 atom stereocenters. The van der Waals surface area contributed by atoms with E-state index in [1.54, 1.807) is 18.3 Å². The van der Waals surface area contributed by atoms with E-state index in [1.165, 1.54) is 7.05 Å². The first-order valence-corrected chi connectivity index (χ1v) is 10.1. The van der Waals surface area contributed by atoms with Gasteiger partial charge in [0.15, 0.2) is 0 Å². The maximum Gasteiger partial charge on any atom is 0.319 e. The highest BCUT2D eigenvalue weighted by Crippen LogP contribution is 2.29. The van der Waals surface area contributed by atoms with Gasteiger partial charge in [-0.2, -0.15) is 0 Å². The van der Waals surface area contributed by atoms with E-state index in [2.05, 4.69) is 20.9 Å². The molecular weight excluding hydrogens is 406 g/mol. The molecule has 0 fully saturated rings. The van der Waals surface area contributed by atoms with Gasteiger partial charge in [0.25, 0.3) is 11.5 Å². The first-order chi connectivity index (χ1) is 15.4. The van der Waals surface area contributed by atoms with Gasteiger partial charge in [-0.05, 0) is 54.4 Å². The number of carbonyl (C=O) groups is 2. The molecule has 8 nitrogen and oxygen atoms in total. The molecule has 0 saturated carbocycles. The van der Waals surface area contributed by atoms with Crippen molar-refractivity contribution >= 4 is 34.2 Å². The molecule has 2 aromatic heterocycles. The second kappa shape index (κ2) is 8.43. The average molecular weight is 429 g/mol. The quantitative estimate of drug-likeness (QED) is 0.396. The molecule has 0 aliphatic heterocycles. The van der Waals surface area contributed by atoms with E-state index in [4.69, 9.17) is 0 Å². The number of pyridine rings is 1. The molecule has 4 rings (SSSR count). The maximum absolute atomic E-state index is 12.9. The lowest BCUT2D eigenvalue weighted by Gasteiger charge is -2.14. The van der Waals surface area contributed by atoms with Crippen LogP contribution in [0.3, 0.4) is 0 Å². The fraction of sp³-hybridized carbons (Fsp3) is 0.125. The maximum atomic E-state index is 12.9. The zero-order valence-electron chi connectivity index (χ0n) is 17.9. The predicted molar refractivity (Wildman–Crippen MR) is 126 cm³/mol. The summed E-state index contributed by atoms with van der Waals surface area (Å²) in [6.45, 7) is 1.89. The Morgan fingerprint density at radius 1 is 1.00 bits per heavy atom. The van der Waals surface area contributed by atoms with Gasteiger partial charge in [0.05, 0.1) is 0 Å². The summed E-state index contributed by atoms with van der Waals surface area (Å²) >= 11 is 0. The van der Waals surface area contributed by atoms with Crippen molar-refractivity contribution in [2.75, 3.05) is 17.7 Å². The minimum Gasteiger partial charge on any atom is -0.351 e. The number of hydrogen-bond donors (Lipinski definition) is 4. The predicted octanol–water partition coefficient (Wildman–Crippen LogP) is 3.85. The molecule has 2 heterocycles. The van der Waals surface area contributed by atoms with Crippen LogP contribution in [0, 0.1) is 6.92 Å². The fourth-order valence-electron chi connectivity index (χ4n) is 3.62. The first-order valence-electron chi connectivity index (χ1n) is 10.1. The van der Waals surface area contributed by atoms with E-state index in [0.717, 1.165) is 22.0 Å². The largest absolute Gasteiger partial charge is 0.351 e. The van der Waals surface area contributed by atoms with Crippen molar-refractivity contribution in [1.82, 2.24) is 14.9 Å². The van der Waals surface area contributed by atoms with Crippen molar-refractivity contribution in [2.45, 2.75) is 6.92 Å². The second-order valence-corrected chi connectivity index (χ2v) is 7.47. The summed E-state index contributed by atoms with van der Waals surface area (Å²) in [7, 11) is 3.43. The van der Waals surface area contributed by atoms with Crippen LogP contribution in [-0.2, 0) is 7.05 Å². The van der Waals surface area contributed by atoms with E-state index in [-0.39, 0.29) is 11.6 Å². The molecular formula is C24H23N5O3. The standard InChI is InChI=1S/C24H23N5O3/c1-14-18(17-12-20(23(31)26-13-17)28-24(32)25-2)5-4-6-19(14)27-22(30)16-7-8-21-15(11-16)9-10-29(21)3/h4-13H,1-3H3,(H,26,31)(H,27,30)(H2,25,28,32). The number of fused-ring (bicyclic) bond motifs is 1. The minimum absolute atomic E-state index is 0.131. The SMILES string of the molecule is CNC(=O)Nc1cc(-c2cccc(NC(=O)c3ccc4c(ccn4C)c3)c2C)c[nH]c1=O. The van der Waals surface area contributed by atoms with Crippen LogP contribution in [0.2, 0.25) is 0 Å². The van der Waals surface area contributed by atoms with Gasteiger partial charge in [-0.1, -0.05) is 12.1 Å². The zero-order chi connectivity index (χ0) is 22.8. The van der Waals surface area contributed by atoms with Crippen LogP contribution < -0.4 is 21.5 Å². The summed E-state index contributed by atoms with van der Waals surface area (Å²) in [6, 6.07) is 14.2. The Morgan fingerprint density at radius 2 is 1.81 bits per heavy atom. The van der Waals surface area contributed by atoms with Gasteiger partial charge in [-0.25, -0.2) is 4.79 Å². The summed E-state index contributed by atoms with van der Waals surface area (Å²) in [5, 5.41) is 8.90. The van der Waals surface area contributed by atoms with Crippen molar-refractivity contribution in [3.63, 3.8) is 0 Å². The lowest BCUT2D eigenvalue weighted by atomic mass is 10.00. The zero-order valence-corrected chi connectivity index (χ0v) is 17.9. The molecule has 0 unspecified atom stereocenters. The normalized spacial score (nSPS) is 10.7. The van der Waals surface area contributed by atoms with Crippen molar-refractivity contribution in [3.05, 3.63) is 82.4 Å². The highest BCUT2D eigenvalue weighted by atomic mass is 16.2. The Balaban J connectivity index is 1.63. The minimum atomic E-state index is -0.485. The number of rotatable bonds is 4. The molecule has 0 saturated heterocycles. The summed E-state index contributed by atoms with van der Waals surface area (Å²) in [6.07, 6.45) is 3.53. The van der Waals surface area contributed by atoms with Gasteiger partial charge >= 0.3 is 6.03 Å². The number of carbonyl (C=O) groups excluding carboxylic acids is 2. The van der Waals surface area contributed by atoms with Crippen LogP contribution in [0.15, 0.2) is 65.7 Å². The number of nitrogens with one attached hydrogen (secondary N) is 4. The van der Waals surface area contributed by atoms with Crippen LogP contribution in [0.4, 0.5) is 16.2 Å². The number of aromatic amines is 1. The number of anilines is 2. The molecule has 0 aliphatic rings. The Hall–Kier alpha value is -4.33. The Kier molecular flexibility index (Phi) is 5.51. The van der Waals surface area contributed by atoms with Gasteiger partial charge in [0.2, 0.25) is 0 Å². The van der Waals surface area contributed by atoms with Gasteiger partial charge < -0.3 is 25.5 Å². The summed E-state index contributed by atoms with van der Waals surface area (Å²) in [4.78, 5) is 39.2. The Morgan fingerprint density at radius 3 is 2.59 bits per heavy atom. The molecule has 162 valence electrons. The molecule has 0 aliphatic carbocycles. The smallest absolute Gasteiger partial charge is 0.319 e. The van der Waals surface area contributed by atoms with Crippen LogP contribution in [0.25, 0.3) is 22.0 Å². The monoisotopic (exact) mass is 429 g/mol. The van der Waals surface area contributed by atoms with Gasteiger partial charge in [-0.15, -0.1) is 0 Å². The molecule has 2 aromatic carbocycles. The Labute approximate surface area is 184 Å². The number of nitrogens with zero attached hydrogens (tertiary/aromatic N) is 1. The van der Waals surface area contributed by atoms with Gasteiger partial charge in [0, 0.05) is 54.2 Å². The van der Waals surface area contributed by atoms with Crippen LogP contribution in [0.5, 0.6) is 0 Å². The Bertz CT molecular complexity index is 1400. The topological polar surface area (TPSA) is 108 Å². The van der Waals surface area contributed by atoms with E-state index >= 15 is 0 Å². The van der Waals surface area contributed by atoms with E-state index < -0.39 is 11.6 Å². The number of urea groups is 1. The summed E-state index contributed by atoms with van der Waals surface area (Å²) in [5.41, 5.74) is 4.36. The summed E-state index contributed by atoms with van der Waals surface area (Å²) in [5.74, 6) is -0.209. The van der Waals surface area contributed by atoms with E-state index in [1.807, 2.05) is 61.1 Å². The van der Waals surface area contributed by atoms with Crippen molar-refractivity contribution in [3.8, 4) is 11.1 Å². The molecule has 0 spiro atoms. The third-order valence-corrected chi connectivity index (χ3v) is 5.42. The van der Waals surface area contributed by atoms with E-state index in [9.17, 15) is 14.4 Å². The molecule has 4 N–H and O–H groups in total. The lowest BCUT2D eigenvalue weighted by Crippen LogP contribution is -2.27.